The number of piperidine rings is 1. The van der Waals surface area contributed by atoms with E-state index < -0.39 is 10.0 Å². The highest BCUT2D eigenvalue weighted by Gasteiger charge is 2.21. The van der Waals surface area contributed by atoms with Gasteiger partial charge < -0.3 is 5.73 Å². The summed E-state index contributed by atoms with van der Waals surface area (Å²) in [5.74, 6) is 0. The Labute approximate surface area is 127 Å². The zero-order valence-electron chi connectivity index (χ0n) is 12.8. The lowest BCUT2D eigenvalue weighted by Gasteiger charge is -2.32. The number of nitrogens with two attached hydrogens (primary N) is 1. The van der Waals surface area contributed by atoms with Gasteiger partial charge in [0.05, 0.1) is 4.90 Å². The number of sulfonamides is 1. The van der Waals surface area contributed by atoms with Crippen molar-refractivity contribution >= 4 is 15.7 Å². The first kappa shape index (κ1) is 16.3. The third-order valence-corrected chi connectivity index (χ3v) is 5.66. The molecule has 21 heavy (non-hydrogen) atoms. The molecule has 0 aliphatic carbocycles. The van der Waals surface area contributed by atoms with E-state index in [-0.39, 0.29) is 6.04 Å². The number of nitrogens with one attached hydrogen (secondary N) is 1. The summed E-state index contributed by atoms with van der Waals surface area (Å²) in [5.41, 5.74) is 6.92. The highest BCUT2D eigenvalue weighted by molar-refractivity contribution is 7.89. The molecule has 1 unspecified atom stereocenters. The number of nitrogen functional groups attached to an aromatic ring is 1. The summed E-state index contributed by atoms with van der Waals surface area (Å²) < 4.78 is 27.5. The molecule has 6 heteroatoms. The molecule has 1 fully saturated rings. The van der Waals surface area contributed by atoms with Crippen LogP contribution in [0.15, 0.2) is 23.1 Å². The van der Waals surface area contributed by atoms with Crippen molar-refractivity contribution < 1.29 is 8.42 Å². The van der Waals surface area contributed by atoms with Crippen LogP contribution in [0, 0.1) is 6.92 Å². The first-order valence-corrected chi connectivity index (χ1v) is 8.98. The minimum Gasteiger partial charge on any atom is -0.399 e. The molecule has 0 spiro atoms. The van der Waals surface area contributed by atoms with E-state index in [4.69, 9.17) is 5.73 Å². The minimum absolute atomic E-state index is 0.217. The van der Waals surface area contributed by atoms with Crippen LogP contribution in [0.1, 0.15) is 31.7 Å². The molecular formula is C15H25N3O2S. The van der Waals surface area contributed by atoms with Crippen molar-refractivity contribution in [1.82, 2.24) is 9.62 Å². The van der Waals surface area contributed by atoms with Crippen LogP contribution < -0.4 is 10.5 Å². The number of rotatable bonds is 5. The fourth-order valence-electron chi connectivity index (χ4n) is 2.77. The molecule has 1 aliphatic heterocycles. The first-order chi connectivity index (χ1) is 9.90. The summed E-state index contributed by atoms with van der Waals surface area (Å²) in [5, 5.41) is 0. The molecule has 1 aromatic carbocycles. The van der Waals surface area contributed by atoms with Gasteiger partial charge in [-0.15, -0.1) is 0 Å². The van der Waals surface area contributed by atoms with Gasteiger partial charge in [0.1, 0.15) is 0 Å². The lowest BCUT2D eigenvalue weighted by Crippen LogP contribution is -2.44. The van der Waals surface area contributed by atoms with E-state index in [9.17, 15) is 8.42 Å². The second-order valence-electron chi connectivity index (χ2n) is 5.82. The number of likely N-dealkylation sites (tertiary alicyclic amines) is 1. The quantitative estimate of drug-likeness (QED) is 0.812. The molecule has 0 amide bonds. The SMILES string of the molecule is Cc1cc(N)ccc1S(=O)(=O)NCC(C)N1CCCCC1. The summed E-state index contributed by atoms with van der Waals surface area (Å²) >= 11 is 0. The van der Waals surface area contributed by atoms with E-state index in [1.165, 1.54) is 19.3 Å². The van der Waals surface area contributed by atoms with Gasteiger partial charge in [-0.1, -0.05) is 6.42 Å². The summed E-state index contributed by atoms with van der Waals surface area (Å²) in [6.07, 6.45) is 3.68. The van der Waals surface area contributed by atoms with Crippen LogP contribution in [-0.4, -0.2) is 39.0 Å². The van der Waals surface area contributed by atoms with Crippen molar-refractivity contribution in [3.63, 3.8) is 0 Å². The number of hydrogen-bond donors (Lipinski definition) is 2. The van der Waals surface area contributed by atoms with Crippen molar-refractivity contribution in [2.45, 2.75) is 44.0 Å². The van der Waals surface area contributed by atoms with Gasteiger partial charge in [-0.25, -0.2) is 13.1 Å². The standard InChI is InChI=1S/C15H25N3O2S/c1-12-10-14(16)6-7-15(12)21(19,20)17-11-13(2)18-8-4-3-5-9-18/h6-7,10,13,17H,3-5,8-9,11,16H2,1-2H3. The monoisotopic (exact) mass is 311 g/mol. The smallest absolute Gasteiger partial charge is 0.240 e. The molecule has 0 bridgehead atoms. The van der Waals surface area contributed by atoms with Crippen molar-refractivity contribution in [3.8, 4) is 0 Å². The van der Waals surface area contributed by atoms with E-state index in [0.29, 0.717) is 22.7 Å². The largest absolute Gasteiger partial charge is 0.399 e. The third kappa shape index (κ3) is 4.18. The van der Waals surface area contributed by atoms with Gasteiger partial charge in [-0.2, -0.15) is 0 Å². The molecule has 5 nitrogen and oxygen atoms in total. The predicted octanol–water partition coefficient (Wildman–Crippen LogP) is 1.73. The van der Waals surface area contributed by atoms with Crippen molar-refractivity contribution in [2.24, 2.45) is 0 Å². The molecule has 118 valence electrons. The number of aryl methyl sites for hydroxylation is 1. The Balaban J connectivity index is 2.00. The van der Waals surface area contributed by atoms with Gasteiger partial charge in [-0.3, -0.25) is 4.90 Å². The van der Waals surface area contributed by atoms with E-state index >= 15 is 0 Å². The van der Waals surface area contributed by atoms with Crippen LogP contribution in [-0.2, 0) is 10.0 Å². The zero-order chi connectivity index (χ0) is 15.5. The number of anilines is 1. The van der Waals surface area contributed by atoms with Gasteiger partial charge >= 0.3 is 0 Å². The van der Waals surface area contributed by atoms with Crippen LogP contribution in [0.4, 0.5) is 5.69 Å². The lowest BCUT2D eigenvalue weighted by atomic mass is 10.1. The average molecular weight is 311 g/mol. The Morgan fingerprint density at radius 2 is 1.95 bits per heavy atom. The predicted molar refractivity (Wildman–Crippen MR) is 85.7 cm³/mol. The number of hydrogen-bond acceptors (Lipinski definition) is 4. The van der Waals surface area contributed by atoms with Gasteiger partial charge in [0.15, 0.2) is 0 Å². The van der Waals surface area contributed by atoms with Gasteiger partial charge in [0.2, 0.25) is 10.0 Å². The molecule has 3 N–H and O–H groups in total. The summed E-state index contributed by atoms with van der Waals surface area (Å²) in [7, 11) is -3.47. The van der Waals surface area contributed by atoms with E-state index in [2.05, 4.69) is 16.5 Å². The second kappa shape index (κ2) is 6.77. The highest BCUT2D eigenvalue weighted by Crippen LogP contribution is 2.18. The lowest BCUT2D eigenvalue weighted by molar-refractivity contribution is 0.175. The van der Waals surface area contributed by atoms with Crippen LogP contribution >= 0.6 is 0 Å². The van der Waals surface area contributed by atoms with Gasteiger partial charge in [0, 0.05) is 18.3 Å². The molecule has 1 aliphatic rings. The summed E-state index contributed by atoms with van der Waals surface area (Å²) in [6.45, 7) is 6.39. The molecule has 0 aromatic heterocycles. The second-order valence-corrected chi connectivity index (χ2v) is 7.56. The summed E-state index contributed by atoms with van der Waals surface area (Å²) in [4.78, 5) is 2.66. The third-order valence-electron chi connectivity index (χ3n) is 4.07. The maximum atomic E-state index is 12.4. The Morgan fingerprint density at radius 1 is 1.29 bits per heavy atom. The van der Waals surface area contributed by atoms with Crippen LogP contribution in [0.3, 0.4) is 0 Å². The molecule has 0 radical (unpaired) electrons. The fourth-order valence-corrected chi connectivity index (χ4v) is 4.12. The van der Waals surface area contributed by atoms with Crippen molar-refractivity contribution in [1.29, 1.82) is 0 Å². The highest BCUT2D eigenvalue weighted by atomic mass is 32.2. The topological polar surface area (TPSA) is 75.4 Å². The molecule has 1 atom stereocenters. The molecule has 0 saturated carbocycles. The molecule has 1 saturated heterocycles. The maximum absolute atomic E-state index is 12.4. The molecular weight excluding hydrogens is 286 g/mol. The number of benzene rings is 1. The fraction of sp³-hybridized carbons (Fsp3) is 0.600. The Bertz CT molecular complexity index is 581. The minimum atomic E-state index is -3.47. The molecule has 1 heterocycles. The molecule has 2 rings (SSSR count). The van der Waals surface area contributed by atoms with Crippen molar-refractivity contribution in [2.75, 3.05) is 25.4 Å². The van der Waals surface area contributed by atoms with Crippen LogP contribution in [0.25, 0.3) is 0 Å². The first-order valence-electron chi connectivity index (χ1n) is 7.50. The van der Waals surface area contributed by atoms with Crippen LogP contribution in [0.2, 0.25) is 0 Å². The Morgan fingerprint density at radius 3 is 2.57 bits per heavy atom. The van der Waals surface area contributed by atoms with Crippen LogP contribution in [0.5, 0.6) is 0 Å². The van der Waals surface area contributed by atoms with Crippen molar-refractivity contribution in [3.05, 3.63) is 23.8 Å². The number of nitrogens with zero attached hydrogens (tertiary/aromatic N) is 1. The van der Waals surface area contributed by atoms with E-state index in [1.807, 2.05) is 0 Å². The van der Waals surface area contributed by atoms with Gasteiger partial charge in [-0.05, 0) is 63.5 Å². The van der Waals surface area contributed by atoms with Gasteiger partial charge in [0.25, 0.3) is 0 Å². The van der Waals surface area contributed by atoms with E-state index in [0.717, 1.165) is 13.1 Å². The Hall–Kier alpha value is -1.11. The molecule has 1 aromatic rings. The Kier molecular flexibility index (Phi) is 5.24. The maximum Gasteiger partial charge on any atom is 0.240 e. The zero-order valence-corrected chi connectivity index (χ0v) is 13.6. The summed E-state index contributed by atoms with van der Waals surface area (Å²) in [6, 6.07) is 5.09. The van der Waals surface area contributed by atoms with E-state index in [1.54, 1.807) is 25.1 Å². The normalized spacial score (nSPS) is 18.6. The average Bonchev–Trinajstić information content (AvgIpc) is 2.45.